The molecule has 0 spiro atoms. The van der Waals surface area contributed by atoms with Gasteiger partial charge in [0.15, 0.2) is 0 Å². The van der Waals surface area contributed by atoms with E-state index >= 15 is 0 Å². The Balaban J connectivity index is 3.23. The molecule has 0 amide bonds. The van der Waals surface area contributed by atoms with Gasteiger partial charge in [-0.05, 0) is 12.8 Å². The van der Waals surface area contributed by atoms with Crippen LogP contribution in [0.2, 0.25) is 0 Å². The van der Waals surface area contributed by atoms with E-state index in [1.807, 2.05) is 6.08 Å². The first-order chi connectivity index (χ1) is 5.31. The minimum Gasteiger partial charge on any atom is -0.394 e. The van der Waals surface area contributed by atoms with Crippen LogP contribution in [0, 0.1) is 12.3 Å². The number of aliphatic hydroxyl groups is 1. The second-order valence-electron chi connectivity index (χ2n) is 2.37. The first-order valence-corrected chi connectivity index (χ1v) is 3.77. The molecule has 0 saturated heterocycles. The quantitative estimate of drug-likeness (QED) is 0.346. The fourth-order valence-corrected chi connectivity index (χ4v) is 0.654. The maximum absolute atomic E-state index is 8.53. The Morgan fingerprint density at radius 2 is 2.36 bits per heavy atom. The van der Waals surface area contributed by atoms with Crippen LogP contribution in [-0.2, 0) is 0 Å². The number of allylic oxidation sites excluding steroid dienone is 1. The van der Waals surface area contributed by atoms with Crippen LogP contribution in [0.5, 0.6) is 0 Å². The topological polar surface area (TPSA) is 46.2 Å². The molecule has 0 aromatic heterocycles. The van der Waals surface area contributed by atoms with Gasteiger partial charge in [0, 0.05) is 12.5 Å². The van der Waals surface area contributed by atoms with Crippen molar-refractivity contribution >= 4 is 0 Å². The normalized spacial score (nSPS) is 13.2. The molecule has 2 nitrogen and oxygen atoms in total. The first kappa shape index (κ1) is 10.2. The molecular formula is C9H15NO. The van der Waals surface area contributed by atoms with Crippen molar-refractivity contribution in [1.29, 1.82) is 0 Å². The van der Waals surface area contributed by atoms with E-state index in [0.29, 0.717) is 0 Å². The minimum absolute atomic E-state index is 0.00559. The Hall–Kier alpha value is -0.780. The highest BCUT2D eigenvalue weighted by Crippen LogP contribution is 1.95. The summed E-state index contributed by atoms with van der Waals surface area (Å²) < 4.78 is 0. The SMILES string of the molecule is C#CCCCC=C[C@@H](N)CO. The lowest BCUT2D eigenvalue weighted by Gasteiger charge is -1.98. The fraction of sp³-hybridized carbons (Fsp3) is 0.556. The zero-order valence-electron chi connectivity index (χ0n) is 6.66. The lowest BCUT2D eigenvalue weighted by atomic mass is 10.2. The average molecular weight is 153 g/mol. The molecule has 0 aromatic carbocycles. The Bertz CT molecular complexity index is 146. The molecule has 62 valence electrons. The van der Waals surface area contributed by atoms with Gasteiger partial charge in [-0.3, -0.25) is 0 Å². The third-order valence-corrected chi connectivity index (χ3v) is 1.29. The summed E-state index contributed by atoms with van der Waals surface area (Å²) in [5.41, 5.74) is 5.41. The molecule has 0 unspecified atom stereocenters. The molecule has 0 aliphatic heterocycles. The number of nitrogens with two attached hydrogens (primary N) is 1. The molecular weight excluding hydrogens is 138 g/mol. The van der Waals surface area contributed by atoms with Gasteiger partial charge >= 0.3 is 0 Å². The molecule has 0 heterocycles. The molecule has 0 aliphatic carbocycles. The largest absolute Gasteiger partial charge is 0.394 e. The van der Waals surface area contributed by atoms with Gasteiger partial charge in [0.25, 0.3) is 0 Å². The molecule has 0 radical (unpaired) electrons. The number of aliphatic hydroxyl groups excluding tert-OH is 1. The first-order valence-electron chi connectivity index (χ1n) is 3.77. The van der Waals surface area contributed by atoms with Crippen LogP contribution in [0.4, 0.5) is 0 Å². The monoisotopic (exact) mass is 153 g/mol. The van der Waals surface area contributed by atoms with Crippen LogP contribution in [0.3, 0.4) is 0 Å². The number of rotatable bonds is 5. The summed E-state index contributed by atoms with van der Waals surface area (Å²) in [7, 11) is 0. The van der Waals surface area contributed by atoms with Crippen molar-refractivity contribution in [3.8, 4) is 12.3 Å². The van der Waals surface area contributed by atoms with Crippen molar-refractivity contribution in [2.45, 2.75) is 25.3 Å². The van der Waals surface area contributed by atoms with Gasteiger partial charge in [0.05, 0.1) is 6.61 Å². The van der Waals surface area contributed by atoms with E-state index in [-0.39, 0.29) is 12.6 Å². The van der Waals surface area contributed by atoms with E-state index in [1.54, 1.807) is 6.08 Å². The van der Waals surface area contributed by atoms with Gasteiger partial charge in [-0.1, -0.05) is 12.2 Å². The Morgan fingerprint density at radius 1 is 1.64 bits per heavy atom. The van der Waals surface area contributed by atoms with Gasteiger partial charge in [-0.2, -0.15) is 0 Å². The molecule has 0 bridgehead atoms. The number of hydrogen-bond acceptors (Lipinski definition) is 2. The fourth-order valence-electron chi connectivity index (χ4n) is 0.654. The van der Waals surface area contributed by atoms with Crippen molar-refractivity contribution in [1.82, 2.24) is 0 Å². The number of terminal acetylenes is 1. The van der Waals surface area contributed by atoms with Crippen molar-refractivity contribution in [3.63, 3.8) is 0 Å². The van der Waals surface area contributed by atoms with E-state index < -0.39 is 0 Å². The summed E-state index contributed by atoms with van der Waals surface area (Å²) in [6.07, 6.45) is 11.6. The lowest BCUT2D eigenvalue weighted by molar-refractivity contribution is 0.284. The Labute approximate surface area is 68.1 Å². The van der Waals surface area contributed by atoms with Crippen LogP contribution in [0.25, 0.3) is 0 Å². The van der Waals surface area contributed by atoms with Crippen LogP contribution in [0.15, 0.2) is 12.2 Å². The van der Waals surface area contributed by atoms with Crippen LogP contribution >= 0.6 is 0 Å². The molecule has 0 fully saturated rings. The highest BCUT2D eigenvalue weighted by Gasteiger charge is 1.90. The molecule has 0 aliphatic rings. The van der Waals surface area contributed by atoms with Gasteiger partial charge in [0.1, 0.15) is 0 Å². The molecule has 3 N–H and O–H groups in total. The number of unbranched alkanes of at least 4 members (excludes halogenated alkanes) is 2. The highest BCUT2D eigenvalue weighted by atomic mass is 16.3. The predicted molar refractivity (Wildman–Crippen MR) is 46.9 cm³/mol. The predicted octanol–water partition coefficient (Wildman–Crippen LogP) is 0.666. The standard InChI is InChI=1S/C9H15NO/c1-2-3-4-5-6-7-9(10)8-11/h1,6-7,9,11H,3-5,8,10H2/t9-/m1/s1. The molecule has 1 atom stereocenters. The summed E-state index contributed by atoms with van der Waals surface area (Å²) in [4.78, 5) is 0. The van der Waals surface area contributed by atoms with E-state index in [9.17, 15) is 0 Å². The van der Waals surface area contributed by atoms with E-state index in [2.05, 4.69) is 5.92 Å². The van der Waals surface area contributed by atoms with E-state index in [0.717, 1.165) is 19.3 Å². The molecule has 0 saturated carbocycles. The van der Waals surface area contributed by atoms with Gasteiger partial charge in [-0.15, -0.1) is 12.3 Å². The summed E-state index contributed by atoms with van der Waals surface area (Å²) in [5.74, 6) is 2.56. The van der Waals surface area contributed by atoms with Crippen molar-refractivity contribution < 1.29 is 5.11 Å². The second-order valence-corrected chi connectivity index (χ2v) is 2.37. The second kappa shape index (κ2) is 7.33. The van der Waals surface area contributed by atoms with Crippen molar-refractivity contribution in [2.75, 3.05) is 6.61 Å². The maximum atomic E-state index is 8.53. The maximum Gasteiger partial charge on any atom is 0.0618 e. The van der Waals surface area contributed by atoms with Crippen molar-refractivity contribution in [3.05, 3.63) is 12.2 Å². The molecule has 11 heavy (non-hydrogen) atoms. The summed E-state index contributed by atoms with van der Waals surface area (Å²) in [6, 6.07) is -0.221. The van der Waals surface area contributed by atoms with Crippen molar-refractivity contribution in [2.24, 2.45) is 5.73 Å². The smallest absolute Gasteiger partial charge is 0.0618 e. The van der Waals surface area contributed by atoms with Crippen LogP contribution in [0.1, 0.15) is 19.3 Å². The minimum atomic E-state index is -0.221. The molecule has 0 aromatic rings. The third kappa shape index (κ3) is 7.11. The van der Waals surface area contributed by atoms with Gasteiger partial charge in [-0.25, -0.2) is 0 Å². The summed E-state index contributed by atoms with van der Waals surface area (Å²) in [6.45, 7) is 0.00559. The highest BCUT2D eigenvalue weighted by molar-refractivity contribution is 4.92. The zero-order valence-corrected chi connectivity index (χ0v) is 6.66. The zero-order chi connectivity index (χ0) is 8.53. The Morgan fingerprint density at radius 3 is 2.91 bits per heavy atom. The van der Waals surface area contributed by atoms with Gasteiger partial charge < -0.3 is 10.8 Å². The van der Waals surface area contributed by atoms with E-state index in [1.165, 1.54) is 0 Å². The van der Waals surface area contributed by atoms with Crippen LogP contribution in [-0.4, -0.2) is 17.8 Å². The Kier molecular flexibility index (Phi) is 6.81. The van der Waals surface area contributed by atoms with Crippen LogP contribution < -0.4 is 5.73 Å². The van der Waals surface area contributed by atoms with Gasteiger partial charge in [0.2, 0.25) is 0 Å². The molecule has 0 rings (SSSR count). The summed E-state index contributed by atoms with van der Waals surface area (Å²) >= 11 is 0. The third-order valence-electron chi connectivity index (χ3n) is 1.29. The summed E-state index contributed by atoms with van der Waals surface area (Å²) in [5, 5.41) is 8.53. The average Bonchev–Trinajstić information content (AvgIpc) is 2.04. The van der Waals surface area contributed by atoms with E-state index in [4.69, 9.17) is 17.3 Å². The lowest BCUT2D eigenvalue weighted by Crippen LogP contribution is -2.20. The molecule has 2 heteroatoms. The number of hydrogen-bond donors (Lipinski definition) is 2.